The van der Waals surface area contributed by atoms with Crippen molar-refractivity contribution in [2.75, 3.05) is 5.32 Å². The Hall–Kier alpha value is -1.49. The zero-order chi connectivity index (χ0) is 12.3. The molecule has 1 N–H and O–H groups in total. The Bertz CT molecular complexity index is 429. The molecule has 2 nitrogen and oxygen atoms in total. The molecule has 6 heteroatoms. The van der Waals surface area contributed by atoms with Crippen LogP contribution in [0.15, 0.2) is 30.9 Å². The van der Waals surface area contributed by atoms with Crippen LogP contribution in [-0.2, 0) is 11.0 Å². The first-order valence-corrected chi connectivity index (χ1v) is 4.52. The average Bonchev–Trinajstić information content (AvgIpc) is 2.19. The van der Waals surface area contributed by atoms with Crippen molar-refractivity contribution in [2.24, 2.45) is 0 Å². The van der Waals surface area contributed by atoms with E-state index in [0.29, 0.717) is 0 Å². The predicted molar refractivity (Wildman–Crippen MR) is 55.3 cm³/mol. The molecule has 0 bridgehead atoms. The fourth-order valence-corrected chi connectivity index (χ4v) is 1.20. The second-order valence-corrected chi connectivity index (χ2v) is 3.29. The van der Waals surface area contributed by atoms with E-state index in [2.05, 4.69) is 11.9 Å². The first-order chi connectivity index (χ1) is 7.34. The van der Waals surface area contributed by atoms with Gasteiger partial charge in [-0.1, -0.05) is 18.2 Å². The first-order valence-electron chi connectivity index (χ1n) is 4.15. The van der Waals surface area contributed by atoms with Gasteiger partial charge in [0.05, 0.1) is 16.3 Å². The minimum Gasteiger partial charge on any atom is -0.321 e. The number of carbonyl (C=O) groups excluding carboxylic acids is 1. The third kappa shape index (κ3) is 3.00. The van der Waals surface area contributed by atoms with Crippen molar-refractivity contribution in [3.8, 4) is 0 Å². The van der Waals surface area contributed by atoms with E-state index < -0.39 is 17.6 Å². The molecule has 1 aromatic carbocycles. The van der Waals surface area contributed by atoms with E-state index in [1.54, 1.807) is 0 Å². The molecular weight excluding hydrogens is 243 g/mol. The van der Waals surface area contributed by atoms with Crippen LogP contribution < -0.4 is 5.32 Å². The highest BCUT2D eigenvalue weighted by atomic mass is 35.5. The Kier molecular flexibility index (Phi) is 3.59. The van der Waals surface area contributed by atoms with Crippen molar-refractivity contribution in [1.82, 2.24) is 0 Å². The van der Waals surface area contributed by atoms with Crippen molar-refractivity contribution in [3.05, 3.63) is 41.4 Å². The van der Waals surface area contributed by atoms with Crippen LogP contribution in [0.1, 0.15) is 5.56 Å². The highest BCUT2D eigenvalue weighted by Gasteiger charge is 2.30. The number of nitrogens with one attached hydrogen (secondary N) is 1. The lowest BCUT2D eigenvalue weighted by atomic mass is 10.2. The Balaban J connectivity index is 3.01. The highest BCUT2D eigenvalue weighted by Crippen LogP contribution is 2.33. The molecule has 0 saturated heterocycles. The molecule has 1 rings (SSSR count). The fourth-order valence-electron chi connectivity index (χ4n) is 0.977. The number of amides is 1. The van der Waals surface area contributed by atoms with Crippen molar-refractivity contribution in [1.29, 1.82) is 0 Å². The van der Waals surface area contributed by atoms with Gasteiger partial charge < -0.3 is 5.32 Å². The quantitative estimate of drug-likeness (QED) is 0.799. The van der Waals surface area contributed by atoms with Crippen molar-refractivity contribution < 1.29 is 18.0 Å². The Morgan fingerprint density at radius 3 is 2.50 bits per heavy atom. The smallest absolute Gasteiger partial charge is 0.321 e. The third-order valence-corrected chi connectivity index (χ3v) is 2.05. The summed E-state index contributed by atoms with van der Waals surface area (Å²) < 4.78 is 36.8. The van der Waals surface area contributed by atoms with Gasteiger partial charge in [-0.05, 0) is 24.3 Å². The number of benzene rings is 1. The summed E-state index contributed by atoms with van der Waals surface area (Å²) in [6, 6.07) is 2.68. The van der Waals surface area contributed by atoms with Crippen LogP contribution in [0.25, 0.3) is 0 Å². The maximum atomic E-state index is 12.3. The number of hydrogen-bond acceptors (Lipinski definition) is 1. The van der Waals surface area contributed by atoms with E-state index in [9.17, 15) is 18.0 Å². The molecule has 0 aliphatic rings. The van der Waals surface area contributed by atoms with Crippen molar-refractivity contribution in [3.63, 3.8) is 0 Å². The molecule has 0 spiro atoms. The van der Waals surface area contributed by atoms with Gasteiger partial charge in [-0.25, -0.2) is 0 Å². The van der Waals surface area contributed by atoms with Gasteiger partial charge in [0.15, 0.2) is 0 Å². The molecule has 0 aromatic heterocycles. The summed E-state index contributed by atoms with van der Waals surface area (Å²) in [6.45, 7) is 3.21. The number of halogens is 4. The second kappa shape index (κ2) is 4.57. The second-order valence-electron chi connectivity index (χ2n) is 2.89. The summed E-state index contributed by atoms with van der Waals surface area (Å²) in [4.78, 5) is 10.9. The van der Waals surface area contributed by atoms with Gasteiger partial charge in [0.2, 0.25) is 5.91 Å². The zero-order valence-corrected chi connectivity index (χ0v) is 8.69. The summed E-state index contributed by atoms with van der Waals surface area (Å²) in [5.74, 6) is -0.540. The summed E-state index contributed by atoms with van der Waals surface area (Å²) in [7, 11) is 0. The average molecular weight is 250 g/mol. The predicted octanol–water partition coefficient (Wildman–Crippen LogP) is 3.48. The molecule has 0 fully saturated rings. The molecule has 1 aromatic rings. The number of rotatable bonds is 2. The minimum absolute atomic E-state index is 0.111. The topological polar surface area (TPSA) is 29.1 Å². The molecule has 0 aliphatic heterocycles. The Morgan fingerprint density at radius 2 is 2.06 bits per heavy atom. The normalized spacial score (nSPS) is 11.0. The molecule has 0 atom stereocenters. The van der Waals surface area contributed by atoms with Crippen LogP contribution in [0, 0.1) is 0 Å². The van der Waals surface area contributed by atoms with Crippen LogP contribution in [0.3, 0.4) is 0 Å². The molecule has 0 unspecified atom stereocenters. The van der Waals surface area contributed by atoms with Crippen molar-refractivity contribution in [2.45, 2.75) is 6.18 Å². The van der Waals surface area contributed by atoms with Gasteiger partial charge in [-0.3, -0.25) is 4.79 Å². The van der Waals surface area contributed by atoms with Crippen LogP contribution >= 0.6 is 11.6 Å². The highest BCUT2D eigenvalue weighted by molar-refractivity contribution is 6.33. The van der Waals surface area contributed by atoms with Gasteiger partial charge in [0, 0.05) is 0 Å². The lowest BCUT2D eigenvalue weighted by Crippen LogP contribution is -2.09. The summed E-state index contributed by atoms with van der Waals surface area (Å²) in [5.41, 5.74) is -0.756. The SMILES string of the molecule is C=CC(=O)Nc1ccc(C(F)(F)F)cc1Cl. The molecule has 0 saturated carbocycles. The molecule has 1 amide bonds. The van der Waals surface area contributed by atoms with E-state index in [-0.39, 0.29) is 10.7 Å². The van der Waals surface area contributed by atoms with E-state index in [1.807, 2.05) is 0 Å². The standard InChI is InChI=1S/C10H7ClF3NO/c1-2-9(16)15-8-4-3-6(5-7(8)11)10(12,13)14/h2-5H,1H2,(H,15,16). The van der Waals surface area contributed by atoms with E-state index in [4.69, 9.17) is 11.6 Å². The lowest BCUT2D eigenvalue weighted by Gasteiger charge is -2.09. The summed E-state index contributed by atoms with van der Waals surface area (Å²) in [6.07, 6.45) is -3.46. The first kappa shape index (κ1) is 12.6. The zero-order valence-electron chi connectivity index (χ0n) is 7.94. The number of alkyl halides is 3. The monoisotopic (exact) mass is 249 g/mol. The number of hydrogen-bond donors (Lipinski definition) is 1. The Morgan fingerprint density at radius 1 is 1.44 bits per heavy atom. The van der Waals surface area contributed by atoms with Gasteiger partial charge >= 0.3 is 6.18 Å². The molecule has 16 heavy (non-hydrogen) atoms. The molecule has 0 aliphatic carbocycles. The lowest BCUT2D eigenvalue weighted by molar-refractivity contribution is -0.137. The summed E-state index contributed by atoms with van der Waals surface area (Å²) >= 11 is 5.59. The maximum Gasteiger partial charge on any atom is 0.416 e. The van der Waals surface area contributed by atoms with Crippen LogP contribution in [0.5, 0.6) is 0 Å². The third-order valence-electron chi connectivity index (χ3n) is 1.74. The van der Waals surface area contributed by atoms with Gasteiger partial charge in [0.1, 0.15) is 0 Å². The van der Waals surface area contributed by atoms with Gasteiger partial charge in [-0.15, -0.1) is 0 Å². The fraction of sp³-hybridized carbons (Fsp3) is 0.100. The van der Waals surface area contributed by atoms with E-state index >= 15 is 0 Å². The largest absolute Gasteiger partial charge is 0.416 e. The van der Waals surface area contributed by atoms with Crippen molar-refractivity contribution >= 4 is 23.2 Å². The number of carbonyl (C=O) groups is 1. The van der Waals surface area contributed by atoms with Crippen LogP contribution in [0.4, 0.5) is 18.9 Å². The van der Waals surface area contributed by atoms with E-state index in [0.717, 1.165) is 24.3 Å². The van der Waals surface area contributed by atoms with E-state index in [1.165, 1.54) is 0 Å². The molecular formula is C10H7ClF3NO. The number of anilines is 1. The summed E-state index contributed by atoms with van der Waals surface area (Å²) in [5, 5.41) is 2.11. The molecule has 0 radical (unpaired) electrons. The van der Waals surface area contributed by atoms with Gasteiger partial charge in [0.25, 0.3) is 0 Å². The van der Waals surface area contributed by atoms with Gasteiger partial charge in [-0.2, -0.15) is 13.2 Å². The Labute approximate surface area is 94.7 Å². The maximum absolute atomic E-state index is 12.3. The molecule has 0 heterocycles. The van der Waals surface area contributed by atoms with Crippen LogP contribution in [0.2, 0.25) is 5.02 Å². The molecule has 86 valence electrons. The minimum atomic E-state index is -4.45. The van der Waals surface area contributed by atoms with Crippen LogP contribution in [-0.4, -0.2) is 5.91 Å².